The smallest absolute Gasteiger partial charge is 0.424 e. The second-order valence-electron chi connectivity index (χ2n) is 9.15. The summed E-state index contributed by atoms with van der Waals surface area (Å²) in [4.78, 5) is 0. The quantitative estimate of drug-likeness (QED) is 0.296. The van der Waals surface area contributed by atoms with Gasteiger partial charge in [0, 0.05) is 13.7 Å². The van der Waals surface area contributed by atoms with Gasteiger partial charge in [-0.1, -0.05) is 12.8 Å². The van der Waals surface area contributed by atoms with Gasteiger partial charge in [0.2, 0.25) is 0 Å². The Balaban J connectivity index is 1.75. The van der Waals surface area contributed by atoms with Crippen LogP contribution in [0, 0.1) is 35.1 Å². The Bertz CT molecular complexity index is 1030. The third-order valence-corrected chi connectivity index (χ3v) is 6.42. The number of alkyl halides is 6. The van der Waals surface area contributed by atoms with Gasteiger partial charge in [-0.15, -0.1) is 0 Å². The number of hydrogen-bond donors (Lipinski definition) is 0. The molecule has 2 aromatic carbocycles. The largest absolute Gasteiger partial charge is 0.439 e. The Morgan fingerprint density at radius 3 is 1.81 bits per heavy atom. The number of methoxy groups -OCH3 is 1. The Morgan fingerprint density at radius 1 is 0.811 bits per heavy atom. The SMILES string of the molecule is COCC1CCC(CCc2cc(F)c(-c3cc(F)c(OC(F)(F)C(F)C(F)(F)F)c(F)c3)c(F)c2)CC1. The van der Waals surface area contributed by atoms with Crippen LogP contribution in [0.15, 0.2) is 24.3 Å². The molecule has 3 rings (SSSR count). The van der Waals surface area contributed by atoms with Crippen molar-refractivity contribution in [2.24, 2.45) is 11.8 Å². The summed E-state index contributed by atoms with van der Waals surface area (Å²) in [5.41, 5.74) is -1.32. The summed E-state index contributed by atoms with van der Waals surface area (Å²) in [6.07, 6.45) is -11.7. The molecule has 2 aromatic rings. The molecular formula is C25H24F10O2. The van der Waals surface area contributed by atoms with E-state index in [0.717, 1.165) is 37.8 Å². The molecule has 0 bridgehead atoms. The lowest BCUT2D eigenvalue weighted by Crippen LogP contribution is -2.46. The van der Waals surface area contributed by atoms with Gasteiger partial charge >= 0.3 is 12.3 Å². The van der Waals surface area contributed by atoms with E-state index in [1.54, 1.807) is 7.11 Å². The number of benzene rings is 2. The predicted octanol–water partition coefficient (Wildman–Crippen LogP) is 8.17. The Kier molecular flexibility index (Phi) is 9.02. The minimum Gasteiger partial charge on any atom is -0.424 e. The summed E-state index contributed by atoms with van der Waals surface area (Å²) in [5.74, 6) is -7.54. The van der Waals surface area contributed by atoms with E-state index in [9.17, 15) is 43.9 Å². The zero-order valence-corrected chi connectivity index (χ0v) is 19.6. The summed E-state index contributed by atoms with van der Waals surface area (Å²) in [6, 6.07) is 2.38. The topological polar surface area (TPSA) is 18.5 Å². The highest BCUT2D eigenvalue weighted by Gasteiger charge is 2.59. The van der Waals surface area contributed by atoms with Gasteiger partial charge in [-0.2, -0.15) is 22.0 Å². The minimum absolute atomic E-state index is 0.203. The summed E-state index contributed by atoms with van der Waals surface area (Å²) < 4.78 is 143. The van der Waals surface area contributed by atoms with Crippen LogP contribution >= 0.6 is 0 Å². The zero-order chi connectivity index (χ0) is 27.5. The van der Waals surface area contributed by atoms with Crippen molar-refractivity contribution in [1.29, 1.82) is 0 Å². The van der Waals surface area contributed by atoms with Crippen molar-refractivity contribution in [2.75, 3.05) is 13.7 Å². The van der Waals surface area contributed by atoms with E-state index in [2.05, 4.69) is 4.74 Å². The molecule has 1 atom stereocenters. The first kappa shape index (κ1) is 29.1. The Labute approximate surface area is 206 Å². The summed E-state index contributed by atoms with van der Waals surface area (Å²) >= 11 is 0. The van der Waals surface area contributed by atoms with Crippen LogP contribution in [0.25, 0.3) is 11.1 Å². The van der Waals surface area contributed by atoms with Crippen molar-refractivity contribution >= 4 is 0 Å². The van der Waals surface area contributed by atoms with E-state index in [0.29, 0.717) is 36.8 Å². The maximum atomic E-state index is 14.7. The van der Waals surface area contributed by atoms with Crippen LogP contribution in [0.3, 0.4) is 0 Å². The van der Waals surface area contributed by atoms with Crippen molar-refractivity contribution < 1.29 is 53.4 Å². The second-order valence-corrected chi connectivity index (χ2v) is 9.15. The highest BCUT2D eigenvalue weighted by Crippen LogP contribution is 2.40. The molecule has 1 fully saturated rings. The Hall–Kier alpha value is -2.50. The van der Waals surface area contributed by atoms with Gasteiger partial charge in [-0.25, -0.2) is 22.0 Å². The van der Waals surface area contributed by atoms with Gasteiger partial charge in [0.1, 0.15) is 11.6 Å². The van der Waals surface area contributed by atoms with Gasteiger partial charge in [-0.3, -0.25) is 0 Å². The molecule has 1 saturated carbocycles. The molecule has 0 amide bonds. The molecule has 0 heterocycles. The molecule has 0 radical (unpaired) electrons. The standard InChI is InChI=1S/C25H24F10O2/c1-36-12-14-5-2-13(3-6-14)4-7-15-8-17(26)21(18(27)9-15)16-10-19(28)22(20(29)11-16)37-25(34,35)23(30)24(31,32)33/h8-11,13-14,23H,2-7,12H2,1H3. The molecule has 0 N–H and O–H groups in total. The third kappa shape index (κ3) is 7.08. The summed E-state index contributed by atoms with van der Waals surface area (Å²) in [7, 11) is 1.64. The summed E-state index contributed by atoms with van der Waals surface area (Å²) in [6.45, 7) is 0.686. The van der Waals surface area contributed by atoms with Crippen LogP contribution in [-0.4, -0.2) is 32.2 Å². The fourth-order valence-electron chi connectivity index (χ4n) is 4.52. The molecule has 0 aliphatic heterocycles. The molecule has 0 aromatic heterocycles. The number of rotatable bonds is 9. The summed E-state index contributed by atoms with van der Waals surface area (Å²) in [5, 5.41) is 0. The first-order valence-electron chi connectivity index (χ1n) is 11.5. The highest BCUT2D eigenvalue weighted by atomic mass is 19.4. The van der Waals surface area contributed by atoms with E-state index in [-0.39, 0.29) is 12.1 Å². The minimum atomic E-state index is -6.08. The lowest BCUT2D eigenvalue weighted by atomic mass is 9.80. The molecule has 0 spiro atoms. The van der Waals surface area contributed by atoms with E-state index in [1.165, 1.54) is 0 Å². The highest BCUT2D eigenvalue weighted by molar-refractivity contribution is 5.66. The molecular weight excluding hydrogens is 522 g/mol. The fourth-order valence-corrected chi connectivity index (χ4v) is 4.52. The van der Waals surface area contributed by atoms with E-state index < -0.39 is 58.6 Å². The number of halogens is 10. The maximum Gasteiger partial charge on any atom is 0.439 e. The van der Waals surface area contributed by atoms with Gasteiger partial charge < -0.3 is 9.47 Å². The Morgan fingerprint density at radius 2 is 1.32 bits per heavy atom. The van der Waals surface area contributed by atoms with Gasteiger partial charge in [0.15, 0.2) is 17.4 Å². The molecule has 1 aliphatic carbocycles. The van der Waals surface area contributed by atoms with Crippen molar-refractivity contribution in [3.8, 4) is 16.9 Å². The third-order valence-electron chi connectivity index (χ3n) is 6.42. The molecule has 12 heteroatoms. The van der Waals surface area contributed by atoms with Crippen LogP contribution in [0.4, 0.5) is 43.9 Å². The van der Waals surface area contributed by atoms with Crippen molar-refractivity contribution in [1.82, 2.24) is 0 Å². The lowest BCUT2D eigenvalue weighted by Gasteiger charge is -2.28. The van der Waals surface area contributed by atoms with Gasteiger partial charge in [0.25, 0.3) is 6.17 Å². The van der Waals surface area contributed by atoms with E-state index >= 15 is 0 Å². The van der Waals surface area contributed by atoms with Gasteiger partial charge in [-0.05, 0) is 72.9 Å². The van der Waals surface area contributed by atoms with Crippen molar-refractivity contribution in [2.45, 2.75) is 57.0 Å². The first-order chi connectivity index (χ1) is 17.2. The number of aryl methyl sites for hydroxylation is 1. The second kappa shape index (κ2) is 11.5. The normalized spacial score (nSPS) is 19.6. The maximum absolute atomic E-state index is 14.7. The van der Waals surface area contributed by atoms with Crippen LogP contribution in [0.5, 0.6) is 5.75 Å². The van der Waals surface area contributed by atoms with E-state index in [4.69, 9.17) is 4.74 Å². The van der Waals surface area contributed by atoms with Gasteiger partial charge in [0.05, 0.1) is 5.56 Å². The molecule has 1 aliphatic rings. The first-order valence-corrected chi connectivity index (χ1v) is 11.5. The van der Waals surface area contributed by atoms with Crippen molar-refractivity contribution in [3.05, 3.63) is 53.1 Å². The molecule has 2 nitrogen and oxygen atoms in total. The molecule has 37 heavy (non-hydrogen) atoms. The van der Waals surface area contributed by atoms with Crippen LogP contribution in [0.1, 0.15) is 37.7 Å². The molecule has 206 valence electrons. The molecule has 1 unspecified atom stereocenters. The van der Waals surface area contributed by atoms with Crippen LogP contribution in [-0.2, 0) is 11.2 Å². The van der Waals surface area contributed by atoms with Crippen LogP contribution < -0.4 is 4.74 Å². The predicted molar refractivity (Wildman–Crippen MR) is 114 cm³/mol. The zero-order valence-electron chi connectivity index (χ0n) is 19.6. The average Bonchev–Trinajstić information content (AvgIpc) is 2.80. The average molecular weight is 546 g/mol. The number of hydrogen-bond acceptors (Lipinski definition) is 2. The molecule has 0 saturated heterocycles. The monoisotopic (exact) mass is 546 g/mol. The van der Waals surface area contributed by atoms with Crippen molar-refractivity contribution in [3.63, 3.8) is 0 Å². The fraction of sp³-hybridized carbons (Fsp3) is 0.520. The van der Waals surface area contributed by atoms with E-state index in [1.807, 2.05) is 0 Å². The van der Waals surface area contributed by atoms with Crippen LogP contribution in [0.2, 0.25) is 0 Å². The lowest BCUT2D eigenvalue weighted by molar-refractivity contribution is -0.306. The number of ether oxygens (including phenoxy) is 2.